The van der Waals surface area contributed by atoms with E-state index in [1.54, 1.807) is 24.6 Å². The summed E-state index contributed by atoms with van der Waals surface area (Å²) in [5.74, 6) is 1.01. The average molecular weight is 426 g/mol. The first kappa shape index (κ1) is 22.2. The fourth-order valence-corrected chi connectivity index (χ4v) is 5.12. The van der Waals surface area contributed by atoms with Crippen LogP contribution in [0.1, 0.15) is 12.5 Å². The number of methoxy groups -OCH3 is 1. The van der Waals surface area contributed by atoms with Crippen LogP contribution in [0.3, 0.4) is 0 Å². The summed E-state index contributed by atoms with van der Waals surface area (Å²) < 4.78 is 30.2. The Bertz CT molecular complexity index is 867. The van der Waals surface area contributed by atoms with Crippen LogP contribution in [-0.4, -0.2) is 63.5 Å². The van der Waals surface area contributed by atoms with Crippen molar-refractivity contribution in [2.75, 3.05) is 33.0 Å². The van der Waals surface area contributed by atoms with Crippen molar-refractivity contribution in [3.05, 3.63) is 47.3 Å². The van der Waals surface area contributed by atoms with Gasteiger partial charge in [-0.05, 0) is 24.4 Å². The molecule has 0 aliphatic heterocycles. The predicted molar refractivity (Wildman–Crippen MR) is 113 cm³/mol. The van der Waals surface area contributed by atoms with E-state index in [9.17, 15) is 13.5 Å². The zero-order valence-corrected chi connectivity index (χ0v) is 18.0. The van der Waals surface area contributed by atoms with Crippen molar-refractivity contribution in [3.63, 3.8) is 0 Å². The SMILES string of the molecule is CCNC(=NCC(O)CS(=O)(=O)c1cccs1)N(C)Cc1ccccc1OC. The van der Waals surface area contributed by atoms with Crippen molar-refractivity contribution >= 4 is 27.1 Å². The molecule has 2 rings (SSSR count). The number of thiophene rings is 1. The van der Waals surface area contributed by atoms with Gasteiger partial charge in [0, 0.05) is 25.7 Å². The molecule has 0 radical (unpaired) electrons. The van der Waals surface area contributed by atoms with Gasteiger partial charge in [-0.25, -0.2) is 8.42 Å². The summed E-state index contributed by atoms with van der Waals surface area (Å²) in [6.45, 7) is 3.14. The molecule has 0 spiro atoms. The summed E-state index contributed by atoms with van der Waals surface area (Å²) in [6, 6.07) is 10.9. The fourth-order valence-electron chi connectivity index (χ4n) is 2.65. The Hall–Kier alpha value is -2.10. The highest BCUT2D eigenvalue weighted by molar-refractivity contribution is 7.93. The van der Waals surface area contributed by atoms with Crippen molar-refractivity contribution in [2.24, 2.45) is 4.99 Å². The molecule has 154 valence electrons. The largest absolute Gasteiger partial charge is 0.496 e. The van der Waals surface area contributed by atoms with E-state index < -0.39 is 15.9 Å². The second-order valence-corrected chi connectivity index (χ2v) is 9.44. The lowest BCUT2D eigenvalue weighted by molar-refractivity contribution is 0.205. The maximum atomic E-state index is 12.3. The van der Waals surface area contributed by atoms with Crippen molar-refractivity contribution < 1.29 is 18.3 Å². The highest BCUT2D eigenvalue weighted by Crippen LogP contribution is 2.19. The molecule has 0 saturated heterocycles. The van der Waals surface area contributed by atoms with Gasteiger partial charge in [0.05, 0.1) is 25.5 Å². The van der Waals surface area contributed by atoms with Crippen LogP contribution in [0.4, 0.5) is 0 Å². The highest BCUT2D eigenvalue weighted by Gasteiger charge is 2.21. The summed E-state index contributed by atoms with van der Waals surface area (Å²) in [5.41, 5.74) is 0.999. The van der Waals surface area contributed by atoms with Gasteiger partial charge < -0.3 is 20.1 Å². The Morgan fingerprint density at radius 3 is 2.71 bits per heavy atom. The number of hydrogen-bond donors (Lipinski definition) is 2. The minimum Gasteiger partial charge on any atom is -0.496 e. The van der Waals surface area contributed by atoms with E-state index in [-0.39, 0.29) is 16.5 Å². The van der Waals surface area contributed by atoms with Crippen LogP contribution in [0.15, 0.2) is 51.0 Å². The van der Waals surface area contributed by atoms with Gasteiger partial charge >= 0.3 is 0 Å². The van der Waals surface area contributed by atoms with Gasteiger partial charge in [-0.15, -0.1) is 11.3 Å². The number of ether oxygens (including phenoxy) is 1. The molecule has 2 aromatic rings. The van der Waals surface area contributed by atoms with Gasteiger partial charge in [0.2, 0.25) is 0 Å². The number of hydrogen-bond acceptors (Lipinski definition) is 6. The van der Waals surface area contributed by atoms with E-state index in [0.29, 0.717) is 19.0 Å². The third kappa shape index (κ3) is 6.22. The quantitative estimate of drug-likeness (QED) is 0.472. The molecule has 7 nitrogen and oxygen atoms in total. The van der Waals surface area contributed by atoms with E-state index in [1.165, 1.54) is 0 Å². The van der Waals surface area contributed by atoms with E-state index in [1.807, 2.05) is 43.1 Å². The molecule has 1 aromatic carbocycles. The van der Waals surface area contributed by atoms with Crippen molar-refractivity contribution in [3.8, 4) is 5.75 Å². The number of nitrogens with one attached hydrogen (secondary N) is 1. The minimum atomic E-state index is -3.51. The van der Waals surface area contributed by atoms with Gasteiger partial charge in [-0.3, -0.25) is 4.99 Å². The van der Waals surface area contributed by atoms with Gasteiger partial charge in [0.1, 0.15) is 9.96 Å². The Labute approximate surface area is 170 Å². The number of rotatable bonds is 9. The van der Waals surface area contributed by atoms with Crippen LogP contribution in [0, 0.1) is 0 Å². The molecule has 28 heavy (non-hydrogen) atoms. The summed E-state index contributed by atoms with van der Waals surface area (Å²) in [5, 5.41) is 15.1. The zero-order valence-electron chi connectivity index (χ0n) is 16.3. The molecule has 2 N–H and O–H groups in total. The standard InChI is InChI=1S/C19H27N3O4S2/c1-4-20-19(22(2)13-15-8-5-6-9-17(15)26-3)21-12-16(23)14-28(24,25)18-10-7-11-27-18/h5-11,16,23H,4,12-14H2,1-3H3,(H,20,21). The summed E-state index contributed by atoms with van der Waals surface area (Å²) in [4.78, 5) is 6.31. The number of aliphatic hydroxyl groups excluding tert-OH is 1. The summed E-state index contributed by atoms with van der Waals surface area (Å²) >= 11 is 1.15. The molecule has 1 atom stereocenters. The van der Waals surface area contributed by atoms with Gasteiger partial charge in [0.25, 0.3) is 0 Å². The molecule has 1 aromatic heterocycles. The van der Waals surface area contributed by atoms with Crippen LogP contribution >= 0.6 is 11.3 Å². The number of aliphatic imine (C=N–C) groups is 1. The van der Waals surface area contributed by atoms with E-state index in [4.69, 9.17) is 4.74 Å². The Balaban J connectivity index is 2.04. The van der Waals surface area contributed by atoms with Crippen LogP contribution in [0.5, 0.6) is 5.75 Å². The smallest absolute Gasteiger partial charge is 0.194 e. The third-order valence-corrected chi connectivity index (χ3v) is 7.25. The molecule has 0 aliphatic rings. The van der Waals surface area contributed by atoms with Gasteiger partial charge in [0.15, 0.2) is 15.8 Å². The molecule has 9 heteroatoms. The number of para-hydroxylation sites is 1. The van der Waals surface area contributed by atoms with Crippen LogP contribution < -0.4 is 10.1 Å². The normalized spacial score (nSPS) is 13.2. The zero-order chi connectivity index (χ0) is 20.6. The Morgan fingerprint density at radius 2 is 2.07 bits per heavy atom. The number of guanidine groups is 1. The lowest BCUT2D eigenvalue weighted by Crippen LogP contribution is -2.39. The molecule has 1 heterocycles. The predicted octanol–water partition coefficient (Wildman–Crippen LogP) is 1.99. The van der Waals surface area contributed by atoms with Gasteiger partial charge in [-0.2, -0.15) is 0 Å². The summed E-state index contributed by atoms with van der Waals surface area (Å²) in [6.07, 6.45) is -1.08. The lowest BCUT2D eigenvalue weighted by Gasteiger charge is -2.23. The maximum absolute atomic E-state index is 12.3. The van der Waals surface area contributed by atoms with Crippen molar-refractivity contribution in [2.45, 2.75) is 23.8 Å². The minimum absolute atomic E-state index is 0.0107. The van der Waals surface area contributed by atoms with Gasteiger partial charge in [-0.1, -0.05) is 24.3 Å². The number of nitrogens with zero attached hydrogens (tertiary/aromatic N) is 2. The van der Waals surface area contributed by atoms with Crippen LogP contribution in [-0.2, 0) is 16.4 Å². The Morgan fingerprint density at radius 1 is 1.32 bits per heavy atom. The van der Waals surface area contributed by atoms with Crippen LogP contribution in [0.25, 0.3) is 0 Å². The molecule has 0 fully saturated rings. The van der Waals surface area contributed by atoms with Crippen molar-refractivity contribution in [1.29, 1.82) is 0 Å². The topological polar surface area (TPSA) is 91.2 Å². The fraction of sp³-hybridized carbons (Fsp3) is 0.421. The van der Waals surface area contributed by atoms with E-state index >= 15 is 0 Å². The molecule has 1 unspecified atom stereocenters. The molecule has 0 saturated carbocycles. The first-order valence-electron chi connectivity index (χ1n) is 8.93. The first-order chi connectivity index (χ1) is 13.4. The molecular weight excluding hydrogens is 398 g/mol. The average Bonchev–Trinajstić information content (AvgIpc) is 3.21. The maximum Gasteiger partial charge on any atom is 0.194 e. The Kier molecular flexibility index (Phi) is 8.28. The highest BCUT2D eigenvalue weighted by atomic mass is 32.2. The first-order valence-corrected chi connectivity index (χ1v) is 11.5. The number of aliphatic hydroxyl groups is 1. The van der Waals surface area contributed by atoms with Crippen LogP contribution in [0.2, 0.25) is 0 Å². The molecular formula is C19H27N3O4S2. The third-order valence-electron chi connectivity index (χ3n) is 3.96. The molecule has 0 aliphatic carbocycles. The number of sulfone groups is 1. The van der Waals surface area contributed by atoms with Crippen molar-refractivity contribution in [1.82, 2.24) is 10.2 Å². The van der Waals surface area contributed by atoms with E-state index in [0.717, 1.165) is 22.6 Å². The molecule has 0 amide bonds. The summed E-state index contributed by atoms with van der Waals surface area (Å²) in [7, 11) is -0.000268. The molecule has 0 bridgehead atoms. The second-order valence-electron chi connectivity index (χ2n) is 6.23. The monoisotopic (exact) mass is 425 g/mol. The lowest BCUT2D eigenvalue weighted by atomic mass is 10.2. The number of benzene rings is 1. The van der Waals surface area contributed by atoms with E-state index in [2.05, 4.69) is 10.3 Å². The second kappa shape index (κ2) is 10.4.